The molecule has 1 heterocycles. The first kappa shape index (κ1) is 20.7. The second kappa shape index (κ2) is 7.54. The highest BCUT2D eigenvalue weighted by Crippen LogP contribution is 2.36. The topological polar surface area (TPSA) is 64.4 Å². The normalized spacial score (nSPS) is 12.9. The third kappa shape index (κ3) is 4.36. The summed E-state index contributed by atoms with van der Waals surface area (Å²) in [5.74, 6) is -1.14. The number of halogens is 6. The average Bonchev–Trinajstić information content (AvgIpc) is 2.79. The molecule has 0 aliphatic heterocycles. The first-order chi connectivity index (χ1) is 11.9. The molecule has 0 spiro atoms. The summed E-state index contributed by atoms with van der Waals surface area (Å²) in [5, 5.41) is 8.56. The molecule has 0 aliphatic carbocycles. The van der Waals surface area contributed by atoms with Gasteiger partial charge in [0.25, 0.3) is 0 Å². The molecule has 2 aromatic rings. The van der Waals surface area contributed by atoms with Gasteiger partial charge in [0, 0.05) is 5.02 Å². The van der Waals surface area contributed by atoms with Crippen LogP contribution in [0.3, 0.4) is 0 Å². The first-order valence-electron chi connectivity index (χ1n) is 7.09. The van der Waals surface area contributed by atoms with Gasteiger partial charge in [0.1, 0.15) is 16.7 Å². The SMILES string of the molecule is Cc1nc(C(F)(F)F)c(Cl)n1Cc1cc(O[C@@H](C)C(=O)O)c(Cl)cc1Cl. The van der Waals surface area contributed by atoms with Crippen molar-refractivity contribution in [1.82, 2.24) is 9.55 Å². The fourth-order valence-electron chi connectivity index (χ4n) is 2.10. The molecule has 0 fully saturated rings. The molecular formula is C15H12Cl3F3N2O3. The van der Waals surface area contributed by atoms with E-state index in [4.69, 9.17) is 44.6 Å². The number of carboxylic acid groups (broad SMARTS) is 1. The number of ether oxygens (including phenoxy) is 1. The molecule has 2 rings (SSSR count). The zero-order chi connectivity index (χ0) is 19.8. The smallest absolute Gasteiger partial charge is 0.436 e. The predicted molar refractivity (Wildman–Crippen MR) is 90.3 cm³/mol. The average molecular weight is 432 g/mol. The fourth-order valence-corrected chi connectivity index (χ4v) is 2.92. The molecule has 0 amide bonds. The molecule has 1 atom stereocenters. The largest absolute Gasteiger partial charge is 0.479 e. The maximum Gasteiger partial charge on any atom is 0.436 e. The zero-order valence-electron chi connectivity index (χ0n) is 13.4. The minimum absolute atomic E-state index is 0.0332. The summed E-state index contributed by atoms with van der Waals surface area (Å²) in [7, 11) is 0. The molecule has 11 heteroatoms. The van der Waals surface area contributed by atoms with E-state index in [0.717, 1.165) is 4.57 Å². The van der Waals surface area contributed by atoms with E-state index in [-0.39, 0.29) is 28.2 Å². The minimum atomic E-state index is -4.69. The van der Waals surface area contributed by atoms with Crippen molar-refractivity contribution in [3.05, 3.63) is 44.4 Å². The summed E-state index contributed by atoms with van der Waals surface area (Å²) < 4.78 is 45.1. The Hall–Kier alpha value is -1.64. The summed E-state index contributed by atoms with van der Waals surface area (Å²) in [5.41, 5.74) is -0.863. The van der Waals surface area contributed by atoms with Gasteiger partial charge in [-0.25, -0.2) is 9.78 Å². The number of aromatic nitrogens is 2. The quantitative estimate of drug-likeness (QED) is 0.718. The summed E-state index contributed by atoms with van der Waals surface area (Å²) in [6, 6.07) is 2.67. The van der Waals surface area contributed by atoms with E-state index in [1.165, 1.54) is 26.0 Å². The molecule has 1 N–H and O–H groups in total. The van der Waals surface area contributed by atoms with Crippen LogP contribution in [0.4, 0.5) is 13.2 Å². The van der Waals surface area contributed by atoms with Crippen molar-refractivity contribution < 1.29 is 27.8 Å². The number of carboxylic acids is 1. The molecule has 0 unspecified atom stereocenters. The van der Waals surface area contributed by atoms with Crippen molar-refractivity contribution in [2.45, 2.75) is 32.7 Å². The molecule has 142 valence electrons. The van der Waals surface area contributed by atoms with Gasteiger partial charge in [0.15, 0.2) is 11.8 Å². The summed E-state index contributed by atoms with van der Waals surface area (Å²) >= 11 is 17.9. The van der Waals surface area contributed by atoms with Gasteiger partial charge in [-0.1, -0.05) is 34.8 Å². The van der Waals surface area contributed by atoms with Crippen LogP contribution < -0.4 is 4.74 Å². The zero-order valence-corrected chi connectivity index (χ0v) is 15.6. The maximum absolute atomic E-state index is 12.9. The van der Waals surface area contributed by atoms with Gasteiger partial charge >= 0.3 is 12.1 Å². The molecule has 5 nitrogen and oxygen atoms in total. The molecule has 0 saturated carbocycles. The number of nitrogens with zero attached hydrogens (tertiary/aromatic N) is 2. The third-order valence-corrected chi connectivity index (χ3v) is 4.48. The molecule has 0 saturated heterocycles. The first-order valence-corrected chi connectivity index (χ1v) is 8.22. The van der Waals surface area contributed by atoms with Crippen LogP contribution in [-0.2, 0) is 17.5 Å². The summed E-state index contributed by atoms with van der Waals surface area (Å²) in [6.45, 7) is 2.54. The van der Waals surface area contributed by atoms with Crippen molar-refractivity contribution in [3.8, 4) is 5.75 Å². The molecule has 0 aliphatic rings. The number of aryl methyl sites for hydroxylation is 1. The Kier molecular flexibility index (Phi) is 5.99. The van der Waals surface area contributed by atoms with Gasteiger partial charge in [-0.05, 0) is 31.5 Å². The fraction of sp³-hybridized carbons (Fsp3) is 0.333. The van der Waals surface area contributed by atoms with Gasteiger partial charge in [0.05, 0.1) is 11.6 Å². The number of rotatable bonds is 5. The number of alkyl halides is 3. The van der Waals surface area contributed by atoms with E-state index >= 15 is 0 Å². The van der Waals surface area contributed by atoms with Crippen molar-refractivity contribution in [3.63, 3.8) is 0 Å². The third-order valence-electron chi connectivity index (χ3n) is 3.45. The van der Waals surface area contributed by atoms with Crippen LogP contribution in [0.5, 0.6) is 5.75 Å². The lowest BCUT2D eigenvalue weighted by Gasteiger charge is -2.15. The van der Waals surface area contributed by atoms with Crippen molar-refractivity contribution >= 4 is 40.8 Å². The van der Waals surface area contributed by atoms with Crippen LogP contribution in [0.2, 0.25) is 15.2 Å². The van der Waals surface area contributed by atoms with E-state index in [1.54, 1.807) is 0 Å². The van der Waals surface area contributed by atoms with Gasteiger partial charge in [-0.3, -0.25) is 0 Å². The van der Waals surface area contributed by atoms with Gasteiger partial charge < -0.3 is 14.4 Å². The van der Waals surface area contributed by atoms with E-state index in [1.807, 2.05) is 0 Å². The minimum Gasteiger partial charge on any atom is -0.479 e. The lowest BCUT2D eigenvalue weighted by Crippen LogP contribution is -2.23. The summed E-state index contributed by atoms with van der Waals surface area (Å²) in [6.07, 6.45) is -5.88. The van der Waals surface area contributed by atoms with Crippen molar-refractivity contribution in [1.29, 1.82) is 0 Å². The highest BCUT2D eigenvalue weighted by Gasteiger charge is 2.38. The number of aliphatic carboxylic acids is 1. The highest BCUT2D eigenvalue weighted by atomic mass is 35.5. The van der Waals surface area contributed by atoms with Crippen LogP contribution in [0.25, 0.3) is 0 Å². The predicted octanol–water partition coefficient (Wildman–Crippen LogP) is 5.07. The molecule has 0 bridgehead atoms. The Morgan fingerprint density at radius 3 is 2.42 bits per heavy atom. The lowest BCUT2D eigenvalue weighted by atomic mass is 10.2. The van der Waals surface area contributed by atoms with Gasteiger partial charge in [0.2, 0.25) is 0 Å². The number of carbonyl (C=O) groups is 1. The van der Waals surface area contributed by atoms with Gasteiger partial charge in [-0.2, -0.15) is 13.2 Å². The van der Waals surface area contributed by atoms with Crippen LogP contribution >= 0.6 is 34.8 Å². The van der Waals surface area contributed by atoms with Crippen molar-refractivity contribution in [2.75, 3.05) is 0 Å². The lowest BCUT2D eigenvalue weighted by molar-refractivity contribution is -0.144. The number of hydrogen-bond acceptors (Lipinski definition) is 3. The molecular weight excluding hydrogens is 420 g/mol. The Balaban J connectivity index is 2.42. The van der Waals surface area contributed by atoms with E-state index in [2.05, 4.69) is 4.98 Å². The number of hydrogen-bond donors (Lipinski definition) is 1. The Morgan fingerprint density at radius 1 is 1.31 bits per heavy atom. The van der Waals surface area contributed by atoms with E-state index in [9.17, 15) is 18.0 Å². The monoisotopic (exact) mass is 430 g/mol. The standard InChI is InChI=1S/C15H12Cl3F3N2O3/c1-6(14(24)25)26-11-3-8(9(16)4-10(11)17)5-23-7(2)22-12(13(23)18)15(19,20)21/h3-4,6H,5H2,1-2H3,(H,24,25)/t6-/m0/s1. The highest BCUT2D eigenvalue weighted by molar-refractivity contribution is 6.36. The van der Waals surface area contributed by atoms with Crippen LogP contribution in [-0.4, -0.2) is 26.7 Å². The van der Waals surface area contributed by atoms with Crippen LogP contribution in [0, 0.1) is 6.92 Å². The van der Waals surface area contributed by atoms with Crippen molar-refractivity contribution in [2.24, 2.45) is 0 Å². The maximum atomic E-state index is 12.9. The van der Waals surface area contributed by atoms with E-state index in [0.29, 0.717) is 5.56 Å². The van der Waals surface area contributed by atoms with Gasteiger partial charge in [-0.15, -0.1) is 0 Å². The molecule has 1 aromatic heterocycles. The number of imidazole rings is 1. The Morgan fingerprint density at radius 2 is 1.92 bits per heavy atom. The molecule has 26 heavy (non-hydrogen) atoms. The van der Waals surface area contributed by atoms with E-state index < -0.39 is 29.1 Å². The molecule has 1 aromatic carbocycles. The van der Waals surface area contributed by atoms with Crippen LogP contribution in [0.15, 0.2) is 12.1 Å². The Bertz CT molecular complexity index is 853. The van der Waals surface area contributed by atoms with Crippen LogP contribution in [0.1, 0.15) is 24.0 Å². The number of benzene rings is 1. The molecule has 0 radical (unpaired) electrons. The summed E-state index contributed by atoms with van der Waals surface area (Å²) in [4.78, 5) is 14.4. The second-order valence-corrected chi connectivity index (χ2v) is 6.53. The second-order valence-electron chi connectivity index (χ2n) is 5.35. The Labute approximate surface area is 161 Å².